The Morgan fingerprint density at radius 3 is 3.31 bits per heavy atom. The molecule has 1 aliphatic heterocycles. The maximum Gasteiger partial charge on any atom is 0.241 e. The van der Waals surface area contributed by atoms with E-state index >= 15 is 0 Å². The fourth-order valence-electron chi connectivity index (χ4n) is 1.43. The second-order valence-electron chi connectivity index (χ2n) is 3.51. The van der Waals surface area contributed by atoms with Crippen LogP contribution in [0.1, 0.15) is 0 Å². The molecule has 8 heteroatoms. The van der Waals surface area contributed by atoms with Crippen LogP contribution >= 0.6 is 0 Å². The molecular weight excluding hydrogens is 212 g/mol. The number of rotatable bonds is 4. The van der Waals surface area contributed by atoms with Crippen molar-refractivity contribution in [3.05, 3.63) is 6.33 Å². The van der Waals surface area contributed by atoms with Gasteiger partial charge in [-0.05, 0) is 10.4 Å². The second-order valence-corrected chi connectivity index (χ2v) is 3.51. The van der Waals surface area contributed by atoms with E-state index < -0.39 is 0 Å². The summed E-state index contributed by atoms with van der Waals surface area (Å²) in [5, 5.41) is 16.4. The smallest absolute Gasteiger partial charge is 0.241 e. The van der Waals surface area contributed by atoms with Crippen molar-refractivity contribution < 1.29 is 9.53 Å². The predicted octanol–water partition coefficient (Wildman–Crippen LogP) is -2.22. The van der Waals surface area contributed by atoms with Gasteiger partial charge in [0.25, 0.3) is 0 Å². The van der Waals surface area contributed by atoms with E-state index in [-0.39, 0.29) is 18.6 Å². The van der Waals surface area contributed by atoms with Crippen molar-refractivity contribution in [2.45, 2.75) is 12.6 Å². The number of ether oxygens (including phenoxy) is 1. The van der Waals surface area contributed by atoms with Gasteiger partial charge in [0.2, 0.25) is 5.91 Å². The molecule has 0 aliphatic carbocycles. The SMILES string of the molecule is O=C(Cn1cnnn1)NCC1CNCCO1. The first-order valence-corrected chi connectivity index (χ1v) is 5.14. The highest BCUT2D eigenvalue weighted by atomic mass is 16.5. The third-order valence-corrected chi connectivity index (χ3v) is 2.23. The van der Waals surface area contributed by atoms with Crippen LogP contribution in [0.5, 0.6) is 0 Å². The monoisotopic (exact) mass is 226 g/mol. The Kier molecular flexibility index (Phi) is 3.78. The molecule has 88 valence electrons. The molecule has 2 heterocycles. The molecule has 0 spiro atoms. The number of carbonyl (C=O) groups excluding carboxylic acids is 1. The average Bonchev–Trinajstić information content (AvgIpc) is 2.81. The van der Waals surface area contributed by atoms with E-state index in [0.29, 0.717) is 13.2 Å². The lowest BCUT2D eigenvalue weighted by Crippen LogP contribution is -2.45. The number of tetrazole rings is 1. The summed E-state index contributed by atoms with van der Waals surface area (Å²) in [6, 6.07) is 0. The van der Waals surface area contributed by atoms with Gasteiger partial charge in [-0.3, -0.25) is 4.79 Å². The summed E-state index contributed by atoms with van der Waals surface area (Å²) in [6.45, 7) is 2.97. The van der Waals surface area contributed by atoms with Crippen LogP contribution in [0.3, 0.4) is 0 Å². The van der Waals surface area contributed by atoms with Gasteiger partial charge < -0.3 is 15.4 Å². The van der Waals surface area contributed by atoms with Gasteiger partial charge in [0.05, 0.1) is 12.7 Å². The summed E-state index contributed by atoms with van der Waals surface area (Å²) < 4.78 is 6.81. The van der Waals surface area contributed by atoms with E-state index in [1.807, 2.05) is 0 Å². The minimum Gasteiger partial charge on any atom is -0.374 e. The first-order valence-electron chi connectivity index (χ1n) is 5.14. The first-order chi connectivity index (χ1) is 7.84. The fraction of sp³-hybridized carbons (Fsp3) is 0.750. The van der Waals surface area contributed by atoms with E-state index in [1.165, 1.54) is 11.0 Å². The van der Waals surface area contributed by atoms with E-state index in [4.69, 9.17) is 4.74 Å². The highest BCUT2D eigenvalue weighted by molar-refractivity contribution is 5.75. The molecule has 1 saturated heterocycles. The summed E-state index contributed by atoms with van der Waals surface area (Å²) in [7, 11) is 0. The molecule has 16 heavy (non-hydrogen) atoms. The van der Waals surface area contributed by atoms with Crippen LogP contribution in [0.15, 0.2) is 6.33 Å². The molecule has 2 N–H and O–H groups in total. The number of nitrogens with zero attached hydrogens (tertiary/aromatic N) is 4. The summed E-state index contributed by atoms with van der Waals surface area (Å²) in [5.41, 5.74) is 0. The fourth-order valence-corrected chi connectivity index (χ4v) is 1.43. The summed E-state index contributed by atoms with van der Waals surface area (Å²) >= 11 is 0. The number of hydrogen-bond donors (Lipinski definition) is 2. The maximum atomic E-state index is 11.4. The van der Waals surface area contributed by atoms with Crippen molar-refractivity contribution in [1.82, 2.24) is 30.8 Å². The third kappa shape index (κ3) is 3.24. The van der Waals surface area contributed by atoms with E-state index in [0.717, 1.165) is 13.1 Å². The van der Waals surface area contributed by atoms with Crippen LogP contribution in [-0.2, 0) is 16.1 Å². The molecule has 1 unspecified atom stereocenters. The van der Waals surface area contributed by atoms with Crippen molar-refractivity contribution in [1.29, 1.82) is 0 Å². The first kappa shape index (κ1) is 11.0. The quantitative estimate of drug-likeness (QED) is 0.604. The molecule has 1 atom stereocenters. The minimum absolute atomic E-state index is 0.0478. The van der Waals surface area contributed by atoms with Crippen molar-refractivity contribution in [2.75, 3.05) is 26.2 Å². The van der Waals surface area contributed by atoms with Gasteiger partial charge in [-0.25, -0.2) is 4.68 Å². The molecular formula is C8H14N6O2. The van der Waals surface area contributed by atoms with Crippen LogP contribution in [0, 0.1) is 0 Å². The molecule has 2 rings (SSSR count). The zero-order chi connectivity index (χ0) is 11.2. The van der Waals surface area contributed by atoms with Crippen molar-refractivity contribution in [3.8, 4) is 0 Å². The highest BCUT2D eigenvalue weighted by Crippen LogP contribution is 1.93. The largest absolute Gasteiger partial charge is 0.374 e. The lowest BCUT2D eigenvalue weighted by Gasteiger charge is -2.23. The van der Waals surface area contributed by atoms with Gasteiger partial charge in [0, 0.05) is 19.6 Å². The molecule has 1 aromatic rings. The summed E-state index contributed by atoms with van der Waals surface area (Å²) in [5.74, 6) is -0.124. The van der Waals surface area contributed by atoms with Crippen molar-refractivity contribution in [3.63, 3.8) is 0 Å². The summed E-state index contributed by atoms with van der Waals surface area (Å²) in [4.78, 5) is 11.4. The van der Waals surface area contributed by atoms with Gasteiger partial charge in [0.15, 0.2) is 0 Å². The van der Waals surface area contributed by atoms with E-state index in [9.17, 15) is 4.79 Å². The zero-order valence-corrected chi connectivity index (χ0v) is 8.80. The normalized spacial score (nSPS) is 20.6. The van der Waals surface area contributed by atoms with Crippen molar-refractivity contribution >= 4 is 5.91 Å². The molecule has 0 saturated carbocycles. The number of amides is 1. The topological polar surface area (TPSA) is 94.0 Å². The van der Waals surface area contributed by atoms with Crippen molar-refractivity contribution in [2.24, 2.45) is 0 Å². The standard InChI is InChI=1S/C8H14N6O2/c15-8(5-14-6-11-12-13-14)10-4-7-3-9-1-2-16-7/h6-7,9H,1-5H2,(H,10,15). The van der Waals surface area contributed by atoms with Crippen LogP contribution < -0.4 is 10.6 Å². The van der Waals surface area contributed by atoms with E-state index in [2.05, 4.69) is 26.2 Å². The van der Waals surface area contributed by atoms with Gasteiger partial charge in [-0.15, -0.1) is 5.10 Å². The Morgan fingerprint density at radius 2 is 2.62 bits per heavy atom. The van der Waals surface area contributed by atoms with Crippen LogP contribution in [-0.4, -0.2) is 58.5 Å². The Balaban J connectivity index is 1.67. The summed E-state index contributed by atoms with van der Waals surface area (Å²) in [6.07, 6.45) is 1.45. The second kappa shape index (κ2) is 5.52. The molecule has 1 amide bonds. The molecule has 1 fully saturated rings. The van der Waals surface area contributed by atoms with Crippen LogP contribution in [0.25, 0.3) is 0 Å². The molecule has 0 bridgehead atoms. The highest BCUT2D eigenvalue weighted by Gasteiger charge is 2.14. The number of aromatic nitrogens is 4. The Bertz CT molecular complexity index is 321. The average molecular weight is 226 g/mol. The molecule has 1 aliphatic rings. The van der Waals surface area contributed by atoms with Gasteiger partial charge >= 0.3 is 0 Å². The lowest BCUT2D eigenvalue weighted by molar-refractivity contribution is -0.122. The number of nitrogens with one attached hydrogen (secondary N) is 2. The number of carbonyl (C=O) groups is 1. The molecule has 0 aromatic carbocycles. The number of hydrogen-bond acceptors (Lipinski definition) is 6. The Labute approximate surface area is 92.3 Å². The zero-order valence-electron chi connectivity index (χ0n) is 8.80. The third-order valence-electron chi connectivity index (χ3n) is 2.23. The lowest BCUT2D eigenvalue weighted by atomic mass is 10.3. The molecule has 8 nitrogen and oxygen atoms in total. The predicted molar refractivity (Wildman–Crippen MR) is 53.4 cm³/mol. The minimum atomic E-state index is -0.124. The van der Waals surface area contributed by atoms with Gasteiger partial charge in [-0.1, -0.05) is 0 Å². The maximum absolute atomic E-state index is 11.4. The van der Waals surface area contributed by atoms with Gasteiger partial charge in [0.1, 0.15) is 12.9 Å². The molecule has 1 aromatic heterocycles. The van der Waals surface area contributed by atoms with Gasteiger partial charge in [-0.2, -0.15) is 0 Å². The van der Waals surface area contributed by atoms with E-state index in [1.54, 1.807) is 0 Å². The molecule has 0 radical (unpaired) electrons. The van der Waals surface area contributed by atoms with Crippen LogP contribution in [0.4, 0.5) is 0 Å². The van der Waals surface area contributed by atoms with Crippen LogP contribution in [0.2, 0.25) is 0 Å². The Hall–Kier alpha value is -1.54. The Morgan fingerprint density at radius 1 is 1.69 bits per heavy atom. The number of morpholine rings is 1.